The van der Waals surface area contributed by atoms with Gasteiger partial charge in [0.15, 0.2) is 0 Å². The number of rotatable bonds is 2. The molecule has 16 atom stereocenters. The fraction of sp³-hybridized carbons (Fsp3) is 0.745. The predicted octanol–water partition coefficient (Wildman–Crippen LogP) is 6.48. The van der Waals surface area contributed by atoms with Gasteiger partial charge in [-0.25, -0.2) is 9.59 Å². The van der Waals surface area contributed by atoms with Gasteiger partial charge in [-0.05, 0) is 73.6 Å². The number of nitrogens with one attached hydrogen (secondary N) is 2. The van der Waals surface area contributed by atoms with E-state index in [9.17, 15) is 35.1 Å². The summed E-state index contributed by atoms with van der Waals surface area (Å²) < 4.78 is 25.9. The minimum absolute atomic E-state index is 0.0141. The van der Waals surface area contributed by atoms with Crippen LogP contribution >= 0.6 is 31.9 Å². The van der Waals surface area contributed by atoms with Crippen molar-refractivity contribution in [1.82, 2.24) is 10.6 Å². The third-order valence-corrected chi connectivity index (χ3v) is 14.9. The van der Waals surface area contributed by atoms with Crippen molar-refractivity contribution in [3.63, 3.8) is 0 Å². The lowest BCUT2D eigenvalue weighted by Gasteiger charge is -2.29. The van der Waals surface area contributed by atoms with Crippen molar-refractivity contribution in [3.05, 3.63) is 70.8 Å². The number of hydrogen-bond acceptors (Lipinski definition) is 19. The third-order valence-electron chi connectivity index (χ3n) is 13.0. The largest absolute Gasteiger partial charge is 0.510 e. The number of epoxide rings is 3. The zero-order valence-corrected chi connectivity index (χ0v) is 50.0. The third kappa shape index (κ3) is 26.9. The molecule has 2 saturated carbocycles. The Balaban J connectivity index is 0.000000243. The van der Waals surface area contributed by atoms with E-state index >= 15 is 0 Å². The molecule has 5 fully saturated rings. The van der Waals surface area contributed by atoms with Gasteiger partial charge in [0.1, 0.15) is 28.5 Å². The Kier molecular flexibility index (Phi) is 29.0. The second-order valence-corrected chi connectivity index (χ2v) is 25.2. The molecular weight excluding hydrogens is 1140 g/mol. The molecule has 2 amide bonds. The zero-order chi connectivity index (χ0) is 58.7. The van der Waals surface area contributed by atoms with Crippen molar-refractivity contribution >= 4 is 44.0 Å². The average molecular weight is 1240 g/mol. The van der Waals surface area contributed by atoms with Gasteiger partial charge in [-0.3, -0.25) is 5.32 Å². The summed E-state index contributed by atoms with van der Waals surface area (Å²) in [6, 6.07) is -1.34. The van der Waals surface area contributed by atoms with E-state index < -0.39 is 53.8 Å². The molecule has 18 N–H and O–H groups in total. The number of halogens is 2. The minimum atomic E-state index is -0.852. The monoisotopic (exact) mass is 1240 g/mol. The van der Waals surface area contributed by atoms with Gasteiger partial charge in [0.25, 0.3) is 0 Å². The van der Waals surface area contributed by atoms with Crippen LogP contribution in [-0.4, -0.2) is 159 Å². The van der Waals surface area contributed by atoms with Gasteiger partial charge in [0.05, 0.1) is 78.9 Å². The summed E-state index contributed by atoms with van der Waals surface area (Å²) in [6.07, 6.45) is 22.7. The molecule has 3 saturated heterocycles. The Morgan fingerprint density at radius 2 is 0.962 bits per heavy atom. The van der Waals surface area contributed by atoms with E-state index in [0.29, 0.717) is 54.4 Å². The summed E-state index contributed by atoms with van der Waals surface area (Å²) in [4.78, 5) is 23.5. The van der Waals surface area contributed by atoms with E-state index in [4.69, 9.17) is 61.9 Å². The second kappa shape index (κ2) is 32.8. The van der Waals surface area contributed by atoms with Crippen molar-refractivity contribution in [3.8, 4) is 0 Å². The smallest absolute Gasteiger partial charge is 0.411 e. The molecule has 0 aromatic carbocycles. The fourth-order valence-corrected chi connectivity index (χ4v) is 9.40. The van der Waals surface area contributed by atoms with Crippen molar-refractivity contribution < 1.29 is 74.1 Å². The number of carbonyl (C=O) groups is 2. The van der Waals surface area contributed by atoms with E-state index in [1.807, 2.05) is 6.08 Å². The molecule has 21 nitrogen and oxygen atoms in total. The number of fused-ring (bicyclic) bond motifs is 3. The lowest BCUT2D eigenvalue weighted by molar-refractivity contribution is 0.0392. The average Bonchev–Trinajstić information content (AvgIpc) is 4.28. The number of hydrogen-bond donors (Lipinski definition) is 14. The van der Waals surface area contributed by atoms with Crippen molar-refractivity contribution in [2.75, 3.05) is 0 Å². The van der Waals surface area contributed by atoms with Gasteiger partial charge in [-0.15, -0.1) is 0 Å². The minimum Gasteiger partial charge on any atom is -0.510 e. The number of ether oxygens (including phenoxy) is 5. The molecule has 0 aromatic heterocycles. The first-order chi connectivity index (χ1) is 36.4. The molecule has 0 spiro atoms. The highest BCUT2D eigenvalue weighted by Crippen LogP contribution is 2.46. The van der Waals surface area contributed by atoms with Gasteiger partial charge in [-0.1, -0.05) is 88.6 Å². The van der Waals surface area contributed by atoms with Crippen LogP contribution in [0.4, 0.5) is 9.59 Å². The number of alkyl carbamates (subject to hydrolysis) is 2. The highest BCUT2D eigenvalue weighted by molar-refractivity contribution is 9.09. The van der Waals surface area contributed by atoms with Gasteiger partial charge < -0.3 is 92.8 Å². The quantitative estimate of drug-likeness (QED) is 0.0799. The molecular formula is C55H94Br2N6O15. The Morgan fingerprint density at radius 1 is 0.551 bits per heavy atom. The predicted molar refractivity (Wildman–Crippen MR) is 305 cm³/mol. The molecule has 0 aromatic rings. The number of allylic oxidation sites excluding steroid dienone is 5. The molecule has 78 heavy (non-hydrogen) atoms. The van der Waals surface area contributed by atoms with Crippen LogP contribution < -0.4 is 33.6 Å². The molecule has 3 heterocycles. The van der Waals surface area contributed by atoms with Crippen LogP contribution in [0.15, 0.2) is 70.8 Å². The van der Waals surface area contributed by atoms with Gasteiger partial charge in [0.2, 0.25) is 0 Å². The summed E-state index contributed by atoms with van der Waals surface area (Å²) in [5, 5.41) is 79.5. The number of carbonyl (C=O) groups excluding carboxylic acids is 2. The SMILES string of the molecule is C1=CCC=CC1.C1[C@@H]2O[C@@H]2C[C@@H]2O[C@H]12.CC(C)(C)OC(=O)NC1=C(O)C[C@@H](O)[C@H](N)C1.CC(C)(C)OC(=O)N[C@@H]1CC(N)=C(O)C[C@H]1O.CCC.NC1=C(O)C[C@@H](O)[C@H](N)C1.O[C@@H]1CC=CC[C@H]1Br.O[C@@H]1C[C@@H]2O[C@@H]2C[C@H]1Br. The number of alkyl halides is 2. The Hall–Kier alpha value is -3.46. The number of amides is 2. The molecule has 448 valence electrons. The molecule has 23 heteroatoms. The topological polar surface area (TPSA) is 380 Å². The summed E-state index contributed by atoms with van der Waals surface area (Å²) in [6.45, 7) is 14.8. The molecule has 10 rings (SSSR count). The van der Waals surface area contributed by atoms with E-state index in [1.54, 1.807) is 41.5 Å². The maximum absolute atomic E-state index is 11.5. The van der Waals surface area contributed by atoms with E-state index in [1.165, 1.54) is 19.3 Å². The molecule has 7 aliphatic carbocycles. The fourth-order valence-electron chi connectivity index (χ4n) is 8.38. The lowest BCUT2D eigenvalue weighted by Crippen LogP contribution is -2.48. The Labute approximate surface area is 478 Å². The van der Waals surface area contributed by atoms with Crippen molar-refractivity contribution in [1.29, 1.82) is 0 Å². The van der Waals surface area contributed by atoms with Crippen molar-refractivity contribution in [2.45, 2.75) is 258 Å². The van der Waals surface area contributed by atoms with Gasteiger partial charge >= 0.3 is 12.2 Å². The highest BCUT2D eigenvalue weighted by atomic mass is 79.9. The molecule has 0 radical (unpaired) electrons. The summed E-state index contributed by atoms with van der Waals surface area (Å²) in [5.41, 5.74) is 21.8. The normalized spacial score (nSPS) is 34.5. The molecule has 0 bridgehead atoms. The summed E-state index contributed by atoms with van der Waals surface area (Å²) in [7, 11) is 0. The van der Waals surface area contributed by atoms with Gasteiger partial charge in [0, 0.05) is 90.9 Å². The van der Waals surface area contributed by atoms with Crippen molar-refractivity contribution in [2.24, 2.45) is 22.9 Å². The Morgan fingerprint density at radius 3 is 1.38 bits per heavy atom. The van der Waals surface area contributed by atoms with Crippen LogP contribution in [0.1, 0.15) is 152 Å². The first-order valence-electron chi connectivity index (χ1n) is 27.3. The second-order valence-electron chi connectivity index (χ2n) is 22.8. The van der Waals surface area contributed by atoms with Crippen LogP contribution in [0.3, 0.4) is 0 Å². The number of aliphatic hydroxyl groups is 8. The summed E-state index contributed by atoms with van der Waals surface area (Å²) in [5.74, 6) is 0.0130. The first kappa shape index (κ1) is 68.8. The Bertz CT molecular complexity index is 1970. The van der Waals surface area contributed by atoms with E-state index in [-0.39, 0.29) is 83.0 Å². The maximum atomic E-state index is 11.5. The molecule has 10 aliphatic rings. The maximum Gasteiger partial charge on any atom is 0.411 e. The van der Waals surface area contributed by atoms with Crippen LogP contribution in [0.25, 0.3) is 0 Å². The lowest BCUT2D eigenvalue weighted by atomic mass is 9.95. The molecule has 3 aliphatic heterocycles. The first-order valence-corrected chi connectivity index (χ1v) is 29.1. The highest BCUT2D eigenvalue weighted by Gasteiger charge is 2.56. The molecule has 0 unspecified atom stereocenters. The number of nitrogens with two attached hydrogens (primary N) is 4. The standard InChI is InChI=1S/2C11H20N2O4.C6H9BrO2.C6H9BrO.C6H12N2O2.C6H8O2.C6H8.C3H8/c2*1-11(2,3)17-10(16)13-7-4-6(12)8(14)5-9(7)15;7-3-1-5-6(9-5)2-4(3)8;7-5-3-1-2-4-6(5)8;7-3-1-4(8)6(10)2-5(3)9;1-3-5(7-3)2-6-4(1)8-6;1-2-4-6-5-3-1;1-3-2/h7,9,14-15H,4-5,12H2,1-3H3,(H,13,16);6,8,14-15H,4-5,12H2,1-3H3,(H,13,16);3-6,8H,1-2H2;1-2,5-6,8H,3-4H2;3,5,9-10H,1-2,7-8H2;3-6H,1-2H2;1-2,5-6H,3-4H2;3H2,1-2H3/t7-,9-;6-,8-;3-,4-,5-,6+;5-,6-;3-,5-;3-,4+,5+,6-;;/m11111.../s1. The van der Waals surface area contributed by atoms with Crippen LogP contribution in [0.5, 0.6) is 0 Å². The van der Waals surface area contributed by atoms with Gasteiger partial charge in [-0.2, -0.15) is 0 Å². The summed E-state index contributed by atoms with van der Waals surface area (Å²) >= 11 is 6.74. The van der Waals surface area contributed by atoms with Crippen LogP contribution in [0.2, 0.25) is 0 Å². The van der Waals surface area contributed by atoms with Crippen LogP contribution in [0, 0.1) is 0 Å². The van der Waals surface area contributed by atoms with Crippen LogP contribution in [-0.2, 0) is 23.7 Å². The zero-order valence-electron chi connectivity index (χ0n) is 46.8. The number of aliphatic hydroxyl groups excluding tert-OH is 8. The van der Waals surface area contributed by atoms with E-state index in [0.717, 1.165) is 38.5 Å². The van der Waals surface area contributed by atoms with E-state index in [2.05, 4.69) is 86.7 Å².